The third kappa shape index (κ3) is 3.67. The van der Waals surface area contributed by atoms with Crippen LogP contribution in [-0.2, 0) is 11.2 Å². The van der Waals surface area contributed by atoms with E-state index < -0.39 is 0 Å². The number of hydrogen-bond acceptors (Lipinski definition) is 4. The maximum absolute atomic E-state index is 12.8. The smallest absolute Gasteiger partial charge is 0.227 e. The van der Waals surface area contributed by atoms with Crippen molar-refractivity contribution in [3.8, 4) is 0 Å². The summed E-state index contributed by atoms with van der Waals surface area (Å²) >= 11 is 1.41. The first-order valence-electron chi connectivity index (χ1n) is 9.32. The van der Waals surface area contributed by atoms with Gasteiger partial charge in [0.2, 0.25) is 5.91 Å². The molecule has 0 spiro atoms. The minimum atomic E-state index is 0.0527. The van der Waals surface area contributed by atoms with Crippen LogP contribution in [0.3, 0.4) is 0 Å². The van der Waals surface area contributed by atoms with Crippen molar-refractivity contribution in [2.75, 3.05) is 13.1 Å². The highest BCUT2D eigenvalue weighted by atomic mass is 32.1. The van der Waals surface area contributed by atoms with E-state index in [1.54, 1.807) is 6.92 Å². The number of carbonyl (C=O) groups is 2. The summed E-state index contributed by atoms with van der Waals surface area (Å²) in [6.07, 6.45) is 2.38. The maximum Gasteiger partial charge on any atom is 0.227 e. The number of benzene rings is 1. The van der Waals surface area contributed by atoms with Crippen molar-refractivity contribution in [3.05, 3.63) is 51.5 Å². The summed E-state index contributed by atoms with van der Waals surface area (Å²) in [6.45, 7) is 5.11. The number of aryl methyl sites for hydroxylation is 1. The van der Waals surface area contributed by atoms with E-state index in [4.69, 9.17) is 4.98 Å². The fourth-order valence-electron chi connectivity index (χ4n) is 3.75. The fraction of sp³-hybridized carbons (Fsp3) is 0.381. The summed E-state index contributed by atoms with van der Waals surface area (Å²) in [5.41, 5.74) is 4.17. The number of rotatable bonds is 4. The third-order valence-electron chi connectivity index (χ3n) is 5.25. The van der Waals surface area contributed by atoms with Gasteiger partial charge in [0, 0.05) is 19.0 Å². The highest BCUT2D eigenvalue weighted by molar-refractivity contribution is 7.12. The van der Waals surface area contributed by atoms with Crippen molar-refractivity contribution in [1.29, 1.82) is 0 Å². The normalized spacial score (nSPS) is 17.4. The molecule has 3 aromatic rings. The molecular formula is C21H23N3O2S. The first-order valence-corrected chi connectivity index (χ1v) is 10.2. The number of thiophene rings is 1. The van der Waals surface area contributed by atoms with Gasteiger partial charge in [0.05, 0.1) is 22.3 Å². The second kappa shape index (κ2) is 7.27. The van der Waals surface area contributed by atoms with E-state index in [1.165, 1.54) is 11.3 Å². The molecule has 3 heterocycles. The van der Waals surface area contributed by atoms with Crippen molar-refractivity contribution in [2.24, 2.45) is 0 Å². The Hall–Kier alpha value is -2.47. The Labute approximate surface area is 162 Å². The molecule has 2 aromatic heterocycles. The number of likely N-dealkylation sites (tertiary alicyclic amines) is 1. The molecule has 1 aromatic carbocycles. The van der Waals surface area contributed by atoms with Gasteiger partial charge in [-0.3, -0.25) is 9.59 Å². The predicted molar refractivity (Wildman–Crippen MR) is 107 cm³/mol. The van der Waals surface area contributed by atoms with Gasteiger partial charge in [-0.2, -0.15) is 0 Å². The van der Waals surface area contributed by atoms with Crippen LogP contribution >= 0.6 is 11.3 Å². The lowest BCUT2D eigenvalue weighted by molar-refractivity contribution is -0.131. The molecule has 4 rings (SSSR count). The molecular weight excluding hydrogens is 358 g/mol. The van der Waals surface area contributed by atoms with Gasteiger partial charge in [0.25, 0.3) is 0 Å². The Kier molecular flexibility index (Phi) is 4.83. The number of para-hydroxylation sites is 1. The summed E-state index contributed by atoms with van der Waals surface area (Å²) < 4.78 is 0. The molecule has 5 nitrogen and oxygen atoms in total. The minimum Gasteiger partial charge on any atom is -0.342 e. The molecule has 140 valence electrons. The summed E-state index contributed by atoms with van der Waals surface area (Å²) in [6, 6.07) is 7.99. The molecule has 1 N–H and O–H groups in total. The highest BCUT2D eigenvalue weighted by Crippen LogP contribution is 2.28. The summed E-state index contributed by atoms with van der Waals surface area (Å²) in [7, 11) is 0. The molecule has 1 atom stereocenters. The standard InChI is InChI=1S/C21H23N3O2S/c1-13-5-3-7-17-20(13)23-21(22-17)16-6-4-8-24(11-16)19(26)10-15-9-18(14(2)25)27-12-15/h3,5,7,9,12,16H,4,6,8,10-11H2,1-2H3,(H,22,23)/t16-/m0/s1. The minimum absolute atomic E-state index is 0.0527. The number of aromatic amines is 1. The molecule has 1 aliphatic heterocycles. The number of piperidine rings is 1. The van der Waals surface area contributed by atoms with Gasteiger partial charge in [0.1, 0.15) is 5.82 Å². The molecule has 6 heteroatoms. The molecule has 1 amide bonds. The van der Waals surface area contributed by atoms with Gasteiger partial charge < -0.3 is 9.88 Å². The lowest BCUT2D eigenvalue weighted by Crippen LogP contribution is -2.40. The first kappa shape index (κ1) is 17.9. The number of ketones is 1. The molecule has 27 heavy (non-hydrogen) atoms. The van der Waals surface area contributed by atoms with Crippen LogP contribution < -0.4 is 0 Å². The number of H-pyrrole nitrogens is 1. The Morgan fingerprint density at radius 2 is 2.22 bits per heavy atom. The number of nitrogens with zero attached hydrogens (tertiary/aromatic N) is 2. The van der Waals surface area contributed by atoms with Crippen LogP contribution in [-0.4, -0.2) is 39.6 Å². The van der Waals surface area contributed by atoms with Gasteiger partial charge >= 0.3 is 0 Å². The molecule has 1 aliphatic rings. The Bertz CT molecular complexity index is 1000. The van der Waals surface area contributed by atoms with Crippen molar-refractivity contribution in [2.45, 2.75) is 39.0 Å². The van der Waals surface area contributed by atoms with Crippen LogP contribution in [0.15, 0.2) is 29.6 Å². The SMILES string of the molecule is CC(=O)c1cc(CC(=O)N2CCC[C@H](c3nc4c(C)cccc4[nH]3)C2)cs1. The zero-order valence-corrected chi connectivity index (χ0v) is 16.4. The molecule has 1 fully saturated rings. The third-order valence-corrected chi connectivity index (χ3v) is 6.33. The Morgan fingerprint density at radius 1 is 1.37 bits per heavy atom. The van der Waals surface area contributed by atoms with E-state index in [9.17, 15) is 9.59 Å². The van der Waals surface area contributed by atoms with Crippen LogP contribution in [0.1, 0.15) is 52.3 Å². The molecule has 0 bridgehead atoms. The van der Waals surface area contributed by atoms with Crippen LogP contribution in [0.4, 0.5) is 0 Å². The summed E-state index contributed by atoms with van der Waals surface area (Å²) in [4.78, 5) is 35.1. The average molecular weight is 382 g/mol. The quantitative estimate of drug-likeness (QED) is 0.693. The lowest BCUT2D eigenvalue weighted by atomic mass is 9.97. The maximum atomic E-state index is 12.8. The van der Waals surface area contributed by atoms with Gasteiger partial charge in [-0.15, -0.1) is 11.3 Å². The van der Waals surface area contributed by atoms with Gasteiger partial charge in [0.15, 0.2) is 5.78 Å². The molecule has 0 unspecified atom stereocenters. The molecule has 0 saturated carbocycles. The largest absolute Gasteiger partial charge is 0.342 e. The highest BCUT2D eigenvalue weighted by Gasteiger charge is 2.27. The van der Waals surface area contributed by atoms with E-state index in [1.807, 2.05) is 28.5 Å². The number of aromatic nitrogens is 2. The van der Waals surface area contributed by atoms with Crippen molar-refractivity contribution >= 4 is 34.1 Å². The zero-order chi connectivity index (χ0) is 19.0. The van der Waals surface area contributed by atoms with Crippen LogP contribution in [0, 0.1) is 6.92 Å². The number of amides is 1. The number of hydrogen-bond donors (Lipinski definition) is 1. The van der Waals surface area contributed by atoms with E-state index in [0.29, 0.717) is 17.8 Å². The molecule has 1 saturated heterocycles. The van der Waals surface area contributed by atoms with E-state index in [2.05, 4.69) is 18.0 Å². The predicted octanol–water partition coefficient (Wildman–Crippen LogP) is 4.08. The first-order chi connectivity index (χ1) is 13.0. The van der Waals surface area contributed by atoms with Gasteiger partial charge in [-0.1, -0.05) is 12.1 Å². The topological polar surface area (TPSA) is 66.1 Å². The fourth-order valence-corrected chi connectivity index (χ4v) is 4.57. The van der Waals surface area contributed by atoms with Crippen molar-refractivity contribution in [1.82, 2.24) is 14.9 Å². The number of imidazole rings is 1. The number of carbonyl (C=O) groups excluding carboxylic acids is 2. The summed E-state index contributed by atoms with van der Waals surface area (Å²) in [5, 5.41) is 1.91. The number of nitrogens with one attached hydrogen (secondary N) is 1. The number of fused-ring (bicyclic) bond motifs is 1. The lowest BCUT2D eigenvalue weighted by Gasteiger charge is -2.32. The van der Waals surface area contributed by atoms with Crippen molar-refractivity contribution < 1.29 is 9.59 Å². The van der Waals surface area contributed by atoms with Crippen molar-refractivity contribution in [3.63, 3.8) is 0 Å². The monoisotopic (exact) mass is 381 g/mol. The van der Waals surface area contributed by atoms with Crippen LogP contribution in [0.5, 0.6) is 0 Å². The Balaban J connectivity index is 1.47. The molecule has 0 radical (unpaired) electrons. The zero-order valence-electron chi connectivity index (χ0n) is 15.6. The number of Topliss-reactive ketones (excluding diaryl/α,β-unsaturated/α-hetero) is 1. The Morgan fingerprint density at radius 3 is 2.96 bits per heavy atom. The summed E-state index contributed by atoms with van der Waals surface area (Å²) in [5.74, 6) is 1.40. The van der Waals surface area contributed by atoms with E-state index >= 15 is 0 Å². The van der Waals surface area contributed by atoms with Crippen LogP contribution in [0.25, 0.3) is 11.0 Å². The molecule has 0 aliphatic carbocycles. The second-order valence-corrected chi connectivity index (χ2v) is 8.24. The average Bonchev–Trinajstić information content (AvgIpc) is 3.29. The second-order valence-electron chi connectivity index (χ2n) is 7.32. The van der Waals surface area contributed by atoms with Crippen LogP contribution in [0.2, 0.25) is 0 Å². The van der Waals surface area contributed by atoms with Gasteiger partial charge in [-0.25, -0.2) is 4.98 Å². The van der Waals surface area contributed by atoms with E-state index in [-0.39, 0.29) is 17.6 Å². The van der Waals surface area contributed by atoms with E-state index in [0.717, 1.165) is 47.4 Å². The van der Waals surface area contributed by atoms with Gasteiger partial charge in [-0.05, 0) is 55.3 Å².